The topological polar surface area (TPSA) is 70.2 Å². The SMILES string of the molecule is O=C(OCc1nnc(C2CC2)n1C1CC1)c1ccco1. The molecule has 2 aromatic rings. The van der Waals surface area contributed by atoms with E-state index in [2.05, 4.69) is 14.8 Å². The summed E-state index contributed by atoms with van der Waals surface area (Å²) in [5.41, 5.74) is 0. The highest BCUT2D eigenvalue weighted by atomic mass is 16.5. The van der Waals surface area contributed by atoms with Crippen molar-refractivity contribution in [2.24, 2.45) is 0 Å². The van der Waals surface area contributed by atoms with Crippen LogP contribution in [0.15, 0.2) is 22.8 Å². The summed E-state index contributed by atoms with van der Waals surface area (Å²) in [6.07, 6.45) is 6.16. The van der Waals surface area contributed by atoms with Crippen LogP contribution in [0.2, 0.25) is 0 Å². The number of carbonyl (C=O) groups is 1. The molecule has 0 spiro atoms. The average molecular weight is 273 g/mol. The summed E-state index contributed by atoms with van der Waals surface area (Å²) in [4.78, 5) is 11.8. The molecule has 20 heavy (non-hydrogen) atoms. The van der Waals surface area contributed by atoms with Crippen LogP contribution in [-0.4, -0.2) is 20.7 Å². The van der Waals surface area contributed by atoms with Gasteiger partial charge in [0.25, 0.3) is 0 Å². The van der Waals surface area contributed by atoms with E-state index in [1.165, 1.54) is 19.1 Å². The quantitative estimate of drug-likeness (QED) is 0.782. The Labute approximate surface area is 115 Å². The monoisotopic (exact) mass is 273 g/mol. The van der Waals surface area contributed by atoms with Crippen LogP contribution in [0, 0.1) is 0 Å². The highest BCUT2D eigenvalue weighted by Gasteiger charge is 2.36. The van der Waals surface area contributed by atoms with Crippen molar-refractivity contribution in [1.29, 1.82) is 0 Å². The van der Waals surface area contributed by atoms with Crippen molar-refractivity contribution in [3.8, 4) is 0 Å². The highest BCUT2D eigenvalue weighted by molar-refractivity contribution is 5.86. The minimum absolute atomic E-state index is 0.149. The predicted molar refractivity (Wildman–Crippen MR) is 68.1 cm³/mol. The van der Waals surface area contributed by atoms with E-state index >= 15 is 0 Å². The predicted octanol–water partition coefficient (Wildman–Crippen LogP) is 2.44. The molecular weight excluding hydrogens is 258 g/mol. The molecule has 2 heterocycles. The van der Waals surface area contributed by atoms with Crippen LogP contribution in [0.25, 0.3) is 0 Å². The van der Waals surface area contributed by atoms with Gasteiger partial charge >= 0.3 is 5.97 Å². The lowest BCUT2D eigenvalue weighted by Gasteiger charge is -2.08. The normalized spacial score (nSPS) is 18.2. The Morgan fingerprint density at radius 2 is 2.20 bits per heavy atom. The standard InChI is InChI=1S/C14H15N3O3/c18-14(11-2-1-7-19-11)20-8-12-15-16-13(9-3-4-9)17(12)10-5-6-10/h1-2,7,9-10H,3-6,8H2. The Balaban J connectivity index is 1.50. The van der Waals surface area contributed by atoms with Crippen LogP contribution in [0.1, 0.15) is 59.8 Å². The number of rotatable bonds is 5. The molecule has 2 saturated carbocycles. The van der Waals surface area contributed by atoms with Crippen molar-refractivity contribution in [1.82, 2.24) is 14.8 Å². The van der Waals surface area contributed by atoms with Gasteiger partial charge in [0.2, 0.25) is 5.76 Å². The van der Waals surface area contributed by atoms with E-state index in [0.717, 1.165) is 24.5 Å². The van der Waals surface area contributed by atoms with Crippen LogP contribution in [0.4, 0.5) is 0 Å². The number of hydrogen-bond donors (Lipinski definition) is 0. The van der Waals surface area contributed by atoms with Crippen LogP contribution in [-0.2, 0) is 11.3 Å². The number of aromatic nitrogens is 3. The van der Waals surface area contributed by atoms with Crippen molar-refractivity contribution in [3.63, 3.8) is 0 Å². The Morgan fingerprint density at radius 3 is 2.85 bits per heavy atom. The van der Waals surface area contributed by atoms with Gasteiger partial charge in [-0.2, -0.15) is 0 Å². The highest BCUT2D eigenvalue weighted by Crippen LogP contribution is 2.44. The van der Waals surface area contributed by atoms with Crippen molar-refractivity contribution < 1.29 is 13.9 Å². The molecule has 4 rings (SSSR count). The maximum atomic E-state index is 11.8. The zero-order valence-electron chi connectivity index (χ0n) is 11.0. The van der Waals surface area contributed by atoms with Crippen LogP contribution in [0.5, 0.6) is 0 Å². The molecule has 0 aromatic carbocycles. The molecule has 0 atom stereocenters. The lowest BCUT2D eigenvalue weighted by atomic mass is 10.4. The van der Waals surface area contributed by atoms with E-state index in [1.54, 1.807) is 12.1 Å². The Bertz CT molecular complexity index is 624. The maximum Gasteiger partial charge on any atom is 0.374 e. The summed E-state index contributed by atoms with van der Waals surface area (Å²) in [7, 11) is 0. The lowest BCUT2D eigenvalue weighted by Crippen LogP contribution is -2.10. The van der Waals surface area contributed by atoms with Crippen molar-refractivity contribution in [2.45, 2.75) is 44.2 Å². The Hall–Kier alpha value is -2.11. The third-order valence-electron chi connectivity index (χ3n) is 3.70. The van der Waals surface area contributed by atoms with Gasteiger partial charge in [0, 0.05) is 12.0 Å². The molecule has 104 valence electrons. The van der Waals surface area contributed by atoms with Crippen LogP contribution in [0.3, 0.4) is 0 Å². The number of carbonyl (C=O) groups excluding carboxylic acids is 1. The van der Waals surface area contributed by atoms with Gasteiger partial charge < -0.3 is 13.7 Å². The fourth-order valence-corrected chi connectivity index (χ4v) is 2.38. The molecule has 2 aromatic heterocycles. The molecule has 0 radical (unpaired) electrons. The number of ether oxygens (including phenoxy) is 1. The minimum Gasteiger partial charge on any atom is -0.457 e. The summed E-state index contributed by atoms with van der Waals surface area (Å²) < 4.78 is 12.4. The van der Waals surface area contributed by atoms with Gasteiger partial charge in [-0.15, -0.1) is 10.2 Å². The number of furan rings is 1. The molecule has 6 nitrogen and oxygen atoms in total. The number of nitrogens with zero attached hydrogens (tertiary/aromatic N) is 3. The largest absolute Gasteiger partial charge is 0.457 e. The van der Waals surface area contributed by atoms with Gasteiger partial charge in [-0.1, -0.05) is 0 Å². The molecular formula is C14H15N3O3. The van der Waals surface area contributed by atoms with Gasteiger partial charge in [0.1, 0.15) is 5.82 Å². The Morgan fingerprint density at radius 1 is 1.35 bits per heavy atom. The molecule has 2 fully saturated rings. The third-order valence-corrected chi connectivity index (χ3v) is 3.70. The first kappa shape index (κ1) is 11.7. The molecule has 0 aliphatic heterocycles. The second kappa shape index (κ2) is 4.47. The third kappa shape index (κ3) is 2.11. The second-order valence-corrected chi connectivity index (χ2v) is 5.40. The summed E-state index contributed by atoms with van der Waals surface area (Å²) in [5.74, 6) is 2.11. The first-order valence-electron chi connectivity index (χ1n) is 6.97. The molecule has 2 aliphatic carbocycles. The average Bonchev–Trinajstić information content (AvgIpc) is 3.39. The van der Waals surface area contributed by atoms with Gasteiger partial charge in [-0.3, -0.25) is 0 Å². The smallest absolute Gasteiger partial charge is 0.374 e. The summed E-state index contributed by atoms with van der Waals surface area (Å²) >= 11 is 0. The van der Waals surface area contributed by atoms with E-state index in [4.69, 9.17) is 9.15 Å². The van der Waals surface area contributed by atoms with E-state index in [1.807, 2.05) is 0 Å². The van der Waals surface area contributed by atoms with E-state index < -0.39 is 5.97 Å². The van der Waals surface area contributed by atoms with Crippen molar-refractivity contribution in [3.05, 3.63) is 35.8 Å². The van der Waals surface area contributed by atoms with Gasteiger partial charge in [0.15, 0.2) is 12.4 Å². The molecule has 2 aliphatic rings. The zero-order chi connectivity index (χ0) is 13.5. The molecule has 6 heteroatoms. The minimum atomic E-state index is -0.465. The fraction of sp³-hybridized carbons (Fsp3) is 0.500. The van der Waals surface area contributed by atoms with Gasteiger partial charge in [-0.25, -0.2) is 4.79 Å². The fourth-order valence-electron chi connectivity index (χ4n) is 2.38. The Kier molecular flexibility index (Phi) is 2.61. The number of hydrogen-bond acceptors (Lipinski definition) is 5. The van der Waals surface area contributed by atoms with E-state index in [9.17, 15) is 4.79 Å². The maximum absolute atomic E-state index is 11.8. The van der Waals surface area contributed by atoms with E-state index in [-0.39, 0.29) is 12.4 Å². The summed E-state index contributed by atoms with van der Waals surface area (Å²) in [5, 5.41) is 8.48. The van der Waals surface area contributed by atoms with Crippen LogP contribution >= 0.6 is 0 Å². The van der Waals surface area contributed by atoms with Gasteiger partial charge in [0.05, 0.1) is 6.26 Å². The van der Waals surface area contributed by atoms with Crippen molar-refractivity contribution >= 4 is 5.97 Å². The molecule has 0 N–H and O–H groups in total. The number of esters is 1. The first-order chi connectivity index (χ1) is 9.83. The first-order valence-corrected chi connectivity index (χ1v) is 6.97. The van der Waals surface area contributed by atoms with Gasteiger partial charge in [-0.05, 0) is 37.8 Å². The van der Waals surface area contributed by atoms with Crippen LogP contribution < -0.4 is 0 Å². The summed E-state index contributed by atoms with van der Waals surface area (Å²) in [6, 6.07) is 3.75. The lowest BCUT2D eigenvalue weighted by molar-refractivity contribution is 0.0420. The van der Waals surface area contributed by atoms with Crippen molar-refractivity contribution in [2.75, 3.05) is 0 Å². The molecule has 0 saturated heterocycles. The molecule has 0 amide bonds. The molecule has 0 unspecified atom stereocenters. The second-order valence-electron chi connectivity index (χ2n) is 5.40. The molecule has 0 bridgehead atoms. The summed E-state index contributed by atoms with van der Waals surface area (Å²) in [6.45, 7) is 0.149. The zero-order valence-corrected chi connectivity index (χ0v) is 11.0. The van der Waals surface area contributed by atoms with E-state index in [0.29, 0.717) is 12.0 Å².